The summed E-state index contributed by atoms with van der Waals surface area (Å²) in [5, 5.41) is 3.37. The molecule has 1 N–H and O–H groups in total. The van der Waals surface area contributed by atoms with Crippen molar-refractivity contribution in [2.75, 3.05) is 0 Å². The number of allylic oxidation sites excluding steroid dienone is 3. The molecule has 92 valence electrons. The minimum atomic E-state index is -4.21. The van der Waals surface area contributed by atoms with Crippen molar-refractivity contribution >= 4 is 0 Å². The van der Waals surface area contributed by atoms with E-state index in [0.717, 1.165) is 36.8 Å². The fraction of sp³-hybridized carbons (Fsp3) is 0.538. The Bertz CT molecular complexity index is 440. The summed E-state index contributed by atoms with van der Waals surface area (Å²) >= 11 is 0. The highest BCUT2D eigenvalue weighted by Gasteiger charge is 2.38. The van der Waals surface area contributed by atoms with Crippen LogP contribution in [0.1, 0.15) is 32.1 Å². The Balaban J connectivity index is 1.95. The predicted molar refractivity (Wildman–Crippen MR) is 59.3 cm³/mol. The number of halogens is 3. The zero-order chi connectivity index (χ0) is 12.0. The van der Waals surface area contributed by atoms with Gasteiger partial charge in [0.25, 0.3) is 0 Å². The molecule has 0 aromatic carbocycles. The summed E-state index contributed by atoms with van der Waals surface area (Å²) in [7, 11) is 0. The van der Waals surface area contributed by atoms with Crippen molar-refractivity contribution < 1.29 is 13.2 Å². The molecule has 3 aliphatic rings. The average Bonchev–Trinajstić information content (AvgIpc) is 2.65. The zero-order valence-electron chi connectivity index (χ0n) is 9.40. The zero-order valence-corrected chi connectivity index (χ0v) is 9.40. The van der Waals surface area contributed by atoms with E-state index in [0.29, 0.717) is 6.42 Å². The lowest BCUT2D eigenvalue weighted by Crippen LogP contribution is -2.26. The van der Waals surface area contributed by atoms with Crippen LogP contribution in [0.4, 0.5) is 13.2 Å². The van der Waals surface area contributed by atoms with Gasteiger partial charge in [0.15, 0.2) is 0 Å². The second-order valence-corrected chi connectivity index (χ2v) is 4.85. The van der Waals surface area contributed by atoms with Gasteiger partial charge in [-0.2, -0.15) is 13.2 Å². The summed E-state index contributed by atoms with van der Waals surface area (Å²) in [6, 6.07) is 0.0872. The molecule has 0 radical (unpaired) electrons. The minimum Gasteiger partial charge on any atom is -0.381 e. The molecule has 0 aromatic heterocycles. The van der Waals surface area contributed by atoms with Crippen LogP contribution in [0, 0.1) is 0 Å². The number of alkyl halides is 3. The van der Waals surface area contributed by atoms with Gasteiger partial charge in [0.1, 0.15) is 0 Å². The van der Waals surface area contributed by atoms with Crippen LogP contribution in [-0.4, -0.2) is 12.2 Å². The third-order valence-corrected chi connectivity index (χ3v) is 3.75. The smallest absolute Gasteiger partial charge is 0.381 e. The summed E-state index contributed by atoms with van der Waals surface area (Å²) in [6.45, 7) is 0. The fourth-order valence-corrected chi connectivity index (χ4v) is 2.92. The first-order valence-electron chi connectivity index (χ1n) is 6.03. The number of nitrogens with one attached hydrogen (secondary N) is 1. The van der Waals surface area contributed by atoms with Crippen molar-refractivity contribution in [2.24, 2.45) is 0 Å². The molecule has 0 saturated heterocycles. The van der Waals surface area contributed by atoms with Crippen molar-refractivity contribution in [1.29, 1.82) is 0 Å². The van der Waals surface area contributed by atoms with Crippen molar-refractivity contribution in [1.82, 2.24) is 5.32 Å². The monoisotopic (exact) mass is 241 g/mol. The van der Waals surface area contributed by atoms with Gasteiger partial charge in [0, 0.05) is 5.70 Å². The van der Waals surface area contributed by atoms with Gasteiger partial charge in [0.2, 0.25) is 0 Å². The topological polar surface area (TPSA) is 12.0 Å². The summed E-state index contributed by atoms with van der Waals surface area (Å²) in [5.74, 6) is 0. The SMILES string of the molecule is FC(F)(F)C1=CCC2NC3=C(CCCC3)C2=C1. The number of hydrogen-bond acceptors (Lipinski definition) is 1. The van der Waals surface area contributed by atoms with Crippen LogP contribution in [0.5, 0.6) is 0 Å². The van der Waals surface area contributed by atoms with Crippen LogP contribution < -0.4 is 5.32 Å². The van der Waals surface area contributed by atoms with E-state index < -0.39 is 11.7 Å². The molecule has 2 aliphatic carbocycles. The lowest BCUT2D eigenvalue weighted by Gasteiger charge is -2.20. The molecular weight excluding hydrogens is 227 g/mol. The maximum absolute atomic E-state index is 12.7. The lowest BCUT2D eigenvalue weighted by atomic mass is 9.87. The Morgan fingerprint density at radius 3 is 2.71 bits per heavy atom. The van der Waals surface area contributed by atoms with Crippen LogP contribution >= 0.6 is 0 Å². The van der Waals surface area contributed by atoms with Crippen molar-refractivity contribution in [2.45, 2.75) is 44.3 Å². The first-order chi connectivity index (χ1) is 8.05. The van der Waals surface area contributed by atoms with E-state index in [1.165, 1.54) is 17.8 Å². The van der Waals surface area contributed by atoms with Gasteiger partial charge in [-0.15, -0.1) is 0 Å². The van der Waals surface area contributed by atoms with E-state index in [1.807, 2.05) is 0 Å². The van der Waals surface area contributed by atoms with E-state index in [1.54, 1.807) is 0 Å². The highest BCUT2D eigenvalue weighted by molar-refractivity contribution is 5.52. The molecule has 1 nitrogen and oxygen atoms in total. The molecule has 0 spiro atoms. The number of hydrogen-bond donors (Lipinski definition) is 1. The van der Waals surface area contributed by atoms with Gasteiger partial charge in [-0.3, -0.25) is 0 Å². The van der Waals surface area contributed by atoms with Gasteiger partial charge in [-0.25, -0.2) is 0 Å². The largest absolute Gasteiger partial charge is 0.416 e. The quantitative estimate of drug-likeness (QED) is 0.683. The summed E-state index contributed by atoms with van der Waals surface area (Å²) in [4.78, 5) is 0. The molecule has 0 aromatic rings. The highest BCUT2D eigenvalue weighted by atomic mass is 19.4. The van der Waals surface area contributed by atoms with Crippen molar-refractivity contribution in [3.05, 3.63) is 34.6 Å². The Hall–Kier alpha value is -1.19. The third kappa shape index (κ3) is 1.79. The summed E-state index contributed by atoms with van der Waals surface area (Å²) in [6.07, 6.45) is 3.04. The third-order valence-electron chi connectivity index (χ3n) is 3.75. The normalized spacial score (nSPS) is 28.1. The molecule has 0 fully saturated rings. The molecule has 0 bridgehead atoms. The Morgan fingerprint density at radius 2 is 1.94 bits per heavy atom. The van der Waals surface area contributed by atoms with Gasteiger partial charge in [0.05, 0.1) is 11.6 Å². The van der Waals surface area contributed by atoms with E-state index in [9.17, 15) is 13.2 Å². The summed E-state index contributed by atoms with van der Waals surface area (Å²) in [5.41, 5.74) is 2.74. The maximum atomic E-state index is 12.7. The molecule has 0 amide bonds. The first-order valence-corrected chi connectivity index (χ1v) is 6.03. The molecule has 3 rings (SSSR count). The fourth-order valence-electron chi connectivity index (χ4n) is 2.92. The van der Waals surface area contributed by atoms with Gasteiger partial charge in [-0.1, -0.05) is 6.08 Å². The van der Waals surface area contributed by atoms with Gasteiger partial charge in [-0.05, 0) is 49.3 Å². The van der Waals surface area contributed by atoms with Crippen LogP contribution in [0.25, 0.3) is 0 Å². The predicted octanol–water partition coefficient (Wildman–Crippen LogP) is 3.61. The molecule has 4 heteroatoms. The second-order valence-electron chi connectivity index (χ2n) is 4.85. The number of rotatable bonds is 0. The van der Waals surface area contributed by atoms with Crippen LogP contribution in [-0.2, 0) is 0 Å². The highest BCUT2D eigenvalue weighted by Crippen LogP contribution is 2.41. The molecule has 17 heavy (non-hydrogen) atoms. The van der Waals surface area contributed by atoms with Crippen LogP contribution in [0.15, 0.2) is 34.6 Å². The minimum absolute atomic E-state index is 0.0872. The second kappa shape index (κ2) is 3.65. The summed E-state index contributed by atoms with van der Waals surface area (Å²) < 4.78 is 38.0. The first kappa shape index (κ1) is 10.9. The van der Waals surface area contributed by atoms with E-state index in [4.69, 9.17) is 0 Å². The Kier molecular flexibility index (Phi) is 2.35. The average molecular weight is 241 g/mol. The molecule has 1 heterocycles. The Labute approximate surface area is 98.1 Å². The lowest BCUT2D eigenvalue weighted by molar-refractivity contribution is -0.0887. The molecule has 1 atom stereocenters. The standard InChI is InChI=1S/C13H14F3N/c14-13(15,16)8-5-6-12-10(7-8)9-3-1-2-4-11(9)17-12/h5,7,12,17H,1-4,6H2. The number of fused-ring (bicyclic) bond motifs is 2. The maximum Gasteiger partial charge on any atom is 0.416 e. The van der Waals surface area contributed by atoms with Crippen molar-refractivity contribution in [3.8, 4) is 0 Å². The van der Waals surface area contributed by atoms with E-state index in [-0.39, 0.29) is 6.04 Å². The van der Waals surface area contributed by atoms with E-state index in [2.05, 4.69) is 5.32 Å². The molecule has 0 saturated carbocycles. The van der Waals surface area contributed by atoms with Crippen molar-refractivity contribution in [3.63, 3.8) is 0 Å². The van der Waals surface area contributed by atoms with Gasteiger partial charge < -0.3 is 5.32 Å². The molecular formula is C13H14F3N. The van der Waals surface area contributed by atoms with E-state index >= 15 is 0 Å². The molecule has 1 aliphatic heterocycles. The molecule has 1 unspecified atom stereocenters. The van der Waals surface area contributed by atoms with Crippen LogP contribution in [0.2, 0.25) is 0 Å². The van der Waals surface area contributed by atoms with Gasteiger partial charge >= 0.3 is 6.18 Å². The van der Waals surface area contributed by atoms with Crippen LogP contribution in [0.3, 0.4) is 0 Å². The Morgan fingerprint density at radius 1 is 1.18 bits per heavy atom.